The Morgan fingerprint density at radius 1 is 1.17 bits per heavy atom. The van der Waals surface area contributed by atoms with Crippen molar-refractivity contribution in [3.63, 3.8) is 0 Å². The minimum Gasteiger partial charge on any atom is -0.494 e. The number of aromatic nitrogens is 1. The number of amides is 1. The number of H-pyrrole nitrogens is 1. The van der Waals surface area contributed by atoms with Crippen molar-refractivity contribution in [2.45, 2.75) is 19.9 Å². The highest BCUT2D eigenvalue weighted by molar-refractivity contribution is 5.79. The monoisotopic (exact) mass is 326 g/mol. The minimum atomic E-state index is -0.485. The zero-order chi connectivity index (χ0) is 16.9. The predicted octanol–water partition coefficient (Wildman–Crippen LogP) is 2.38. The molecule has 0 aliphatic rings. The molecule has 124 valence electrons. The van der Waals surface area contributed by atoms with Crippen LogP contribution in [0.1, 0.15) is 18.1 Å². The van der Waals surface area contributed by atoms with Crippen LogP contribution in [0.2, 0.25) is 0 Å². The predicted molar refractivity (Wildman–Crippen MR) is 90.0 cm³/mol. The SMILES string of the molecule is CCOc1ccc(CC(=O)NCc2ccc3oc(=O)[nH]c3c2)cc1. The van der Waals surface area contributed by atoms with Crippen LogP contribution in [-0.2, 0) is 17.8 Å². The van der Waals surface area contributed by atoms with Crippen molar-refractivity contribution in [2.24, 2.45) is 0 Å². The highest BCUT2D eigenvalue weighted by Gasteiger charge is 2.06. The maximum absolute atomic E-state index is 12.0. The summed E-state index contributed by atoms with van der Waals surface area (Å²) in [4.78, 5) is 25.8. The van der Waals surface area contributed by atoms with E-state index in [9.17, 15) is 9.59 Å². The molecule has 0 aliphatic heterocycles. The van der Waals surface area contributed by atoms with Gasteiger partial charge in [0.05, 0.1) is 18.5 Å². The lowest BCUT2D eigenvalue weighted by molar-refractivity contribution is -0.120. The van der Waals surface area contributed by atoms with Crippen LogP contribution in [0.3, 0.4) is 0 Å². The average molecular weight is 326 g/mol. The first kappa shape index (κ1) is 15.9. The zero-order valence-electron chi connectivity index (χ0n) is 13.3. The number of rotatable bonds is 6. The summed E-state index contributed by atoms with van der Waals surface area (Å²) >= 11 is 0. The normalized spacial score (nSPS) is 10.7. The Bertz CT molecular complexity index is 893. The van der Waals surface area contributed by atoms with Crippen molar-refractivity contribution in [3.8, 4) is 5.75 Å². The molecule has 2 N–H and O–H groups in total. The molecule has 6 nitrogen and oxygen atoms in total. The van der Waals surface area contributed by atoms with Crippen LogP contribution < -0.4 is 15.8 Å². The molecule has 1 heterocycles. The summed E-state index contributed by atoms with van der Waals surface area (Å²) < 4.78 is 10.3. The molecule has 0 radical (unpaired) electrons. The fourth-order valence-corrected chi connectivity index (χ4v) is 2.43. The maximum atomic E-state index is 12.0. The molecular weight excluding hydrogens is 308 g/mol. The van der Waals surface area contributed by atoms with E-state index in [0.717, 1.165) is 16.9 Å². The molecular formula is C18H18N2O4. The Hall–Kier alpha value is -3.02. The Morgan fingerprint density at radius 3 is 2.67 bits per heavy atom. The Kier molecular flexibility index (Phi) is 4.65. The number of hydrogen-bond acceptors (Lipinski definition) is 4. The van der Waals surface area contributed by atoms with E-state index in [4.69, 9.17) is 9.15 Å². The number of nitrogens with one attached hydrogen (secondary N) is 2. The molecule has 6 heteroatoms. The second-order valence-electron chi connectivity index (χ2n) is 5.38. The van der Waals surface area contributed by atoms with Crippen LogP contribution in [0.25, 0.3) is 11.1 Å². The van der Waals surface area contributed by atoms with Crippen LogP contribution in [0, 0.1) is 0 Å². The summed E-state index contributed by atoms with van der Waals surface area (Å²) in [5.74, 6) is 0.241. The second-order valence-corrected chi connectivity index (χ2v) is 5.38. The lowest BCUT2D eigenvalue weighted by atomic mass is 10.1. The number of ether oxygens (including phenoxy) is 1. The van der Waals surface area contributed by atoms with E-state index in [1.54, 1.807) is 12.1 Å². The fraction of sp³-hybridized carbons (Fsp3) is 0.222. The number of carbonyl (C=O) groups is 1. The number of aromatic amines is 1. The third-order valence-corrected chi connectivity index (χ3v) is 3.57. The highest BCUT2D eigenvalue weighted by atomic mass is 16.5. The standard InChI is InChI=1S/C18H18N2O4/c1-2-23-14-6-3-12(4-7-14)10-17(21)19-11-13-5-8-16-15(9-13)20-18(22)24-16/h3-9H,2,10-11H2,1H3,(H,19,21)(H,20,22). The quantitative estimate of drug-likeness (QED) is 0.728. The van der Waals surface area contributed by atoms with Crippen LogP contribution in [0.5, 0.6) is 5.75 Å². The number of oxazole rings is 1. The van der Waals surface area contributed by atoms with Crippen molar-refractivity contribution in [1.29, 1.82) is 0 Å². The first-order valence-electron chi connectivity index (χ1n) is 7.74. The Morgan fingerprint density at radius 2 is 1.92 bits per heavy atom. The van der Waals surface area contributed by atoms with E-state index >= 15 is 0 Å². The van der Waals surface area contributed by atoms with E-state index in [-0.39, 0.29) is 5.91 Å². The second kappa shape index (κ2) is 7.04. The Labute approximate surface area is 138 Å². The molecule has 3 rings (SSSR count). The van der Waals surface area contributed by atoms with Gasteiger partial charge >= 0.3 is 5.76 Å². The number of fused-ring (bicyclic) bond motifs is 1. The molecule has 0 saturated carbocycles. The first-order valence-corrected chi connectivity index (χ1v) is 7.74. The van der Waals surface area contributed by atoms with Crippen molar-refractivity contribution < 1.29 is 13.9 Å². The van der Waals surface area contributed by atoms with Crippen LogP contribution >= 0.6 is 0 Å². The minimum absolute atomic E-state index is 0.0695. The van der Waals surface area contributed by atoms with Gasteiger partial charge in [0, 0.05) is 6.54 Å². The Balaban J connectivity index is 1.56. The summed E-state index contributed by atoms with van der Waals surface area (Å²) in [5, 5.41) is 2.87. The van der Waals surface area contributed by atoms with Crippen LogP contribution in [0.15, 0.2) is 51.7 Å². The van der Waals surface area contributed by atoms with Gasteiger partial charge in [-0.05, 0) is 42.3 Å². The summed E-state index contributed by atoms with van der Waals surface area (Å²) in [5.41, 5.74) is 2.94. The molecule has 0 aliphatic carbocycles. The van der Waals surface area contributed by atoms with Gasteiger partial charge in [0.15, 0.2) is 5.58 Å². The van der Waals surface area contributed by atoms with Crippen molar-refractivity contribution >= 4 is 17.0 Å². The molecule has 0 fully saturated rings. The van der Waals surface area contributed by atoms with Crippen molar-refractivity contribution in [2.75, 3.05) is 6.61 Å². The van der Waals surface area contributed by atoms with Gasteiger partial charge in [-0.2, -0.15) is 0 Å². The van der Waals surface area contributed by atoms with E-state index in [0.29, 0.717) is 30.7 Å². The molecule has 0 atom stereocenters. The zero-order valence-corrected chi connectivity index (χ0v) is 13.3. The van der Waals surface area contributed by atoms with E-state index in [1.165, 1.54) is 0 Å². The lowest BCUT2D eigenvalue weighted by Gasteiger charge is -2.07. The van der Waals surface area contributed by atoms with Crippen LogP contribution in [-0.4, -0.2) is 17.5 Å². The maximum Gasteiger partial charge on any atom is 0.417 e. The van der Waals surface area contributed by atoms with Gasteiger partial charge in [0.1, 0.15) is 5.75 Å². The molecule has 0 saturated heterocycles. The van der Waals surface area contributed by atoms with Crippen LogP contribution in [0.4, 0.5) is 0 Å². The molecule has 24 heavy (non-hydrogen) atoms. The third-order valence-electron chi connectivity index (χ3n) is 3.57. The molecule has 2 aromatic carbocycles. The van der Waals surface area contributed by atoms with Gasteiger partial charge in [-0.3, -0.25) is 9.78 Å². The molecule has 1 aromatic heterocycles. The number of benzene rings is 2. The average Bonchev–Trinajstić information content (AvgIpc) is 2.94. The summed E-state index contributed by atoms with van der Waals surface area (Å²) in [6, 6.07) is 12.8. The molecule has 1 amide bonds. The fourth-order valence-electron chi connectivity index (χ4n) is 2.43. The topological polar surface area (TPSA) is 84.3 Å². The summed E-state index contributed by atoms with van der Waals surface area (Å²) in [7, 11) is 0. The van der Waals surface area contributed by atoms with E-state index < -0.39 is 5.76 Å². The van der Waals surface area contributed by atoms with Gasteiger partial charge in [-0.1, -0.05) is 18.2 Å². The molecule has 3 aromatic rings. The summed E-state index contributed by atoms with van der Waals surface area (Å²) in [6.45, 7) is 2.93. The largest absolute Gasteiger partial charge is 0.494 e. The van der Waals surface area contributed by atoms with Gasteiger partial charge in [-0.25, -0.2) is 4.79 Å². The number of carbonyl (C=O) groups excluding carboxylic acids is 1. The van der Waals surface area contributed by atoms with Gasteiger partial charge < -0.3 is 14.5 Å². The third kappa shape index (κ3) is 3.84. The highest BCUT2D eigenvalue weighted by Crippen LogP contribution is 2.13. The van der Waals surface area contributed by atoms with E-state index in [2.05, 4.69) is 10.3 Å². The first-order chi connectivity index (χ1) is 11.6. The smallest absolute Gasteiger partial charge is 0.417 e. The van der Waals surface area contributed by atoms with Crippen molar-refractivity contribution in [1.82, 2.24) is 10.3 Å². The van der Waals surface area contributed by atoms with Gasteiger partial charge in [0.2, 0.25) is 5.91 Å². The number of hydrogen-bond donors (Lipinski definition) is 2. The summed E-state index contributed by atoms with van der Waals surface area (Å²) in [6.07, 6.45) is 0.303. The molecule has 0 bridgehead atoms. The molecule has 0 spiro atoms. The van der Waals surface area contributed by atoms with Gasteiger partial charge in [-0.15, -0.1) is 0 Å². The van der Waals surface area contributed by atoms with Crippen molar-refractivity contribution in [3.05, 3.63) is 64.1 Å². The van der Waals surface area contributed by atoms with Gasteiger partial charge in [0.25, 0.3) is 0 Å². The van der Waals surface area contributed by atoms with E-state index in [1.807, 2.05) is 37.3 Å². The molecule has 0 unspecified atom stereocenters. The lowest BCUT2D eigenvalue weighted by Crippen LogP contribution is -2.24.